The van der Waals surface area contributed by atoms with Gasteiger partial charge in [-0.25, -0.2) is 12.7 Å². The van der Waals surface area contributed by atoms with E-state index in [0.29, 0.717) is 22.4 Å². The predicted molar refractivity (Wildman–Crippen MR) is 158 cm³/mol. The molecule has 0 N–H and O–H groups in total. The minimum atomic E-state index is -4.35. The van der Waals surface area contributed by atoms with Crippen molar-refractivity contribution in [3.05, 3.63) is 136 Å². The van der Waals surface area contributed by atoms with Crippen LogP contribution < -0.4 is 4.90 Å². The Hall–Kier alpha value is -4.01. The second-order valence-electron chi connectivity index (χ2n) is 10.1. The fraction of sp³-hybridized carbons (Fsp3) is 0.125. The molecule has 0 radical (unpaired) electrons. The summed E-state index contributed by atoms with van der Waals surface area (Å²) in [5, 5.41) is 0. The fourth-order valence-electron chi connectivity index (χ4n) is 5.77. The van der Waals surface area contributed by atoms with Crippen molar-refractivity contribution in [1.29, 1.82) is 0 Å². The van der Waals surface area contributed by atoms with Crippen LogP contribution in [0.1, 0.15) is 28.2 Å². The van der Waals surface area contributed by atoms with Crippen molar-refractivity contribution in [1.82, 2.24) is 4.31 Å². The zero-order valence-electron chi connectivity index (χ0n) is 21.8. The molecule has 2 heterocycles. The highest BCUT2D eigenvalue weighted by molar-refractivity contribution is 9.10. The van der Waals surface area contributed by atoms with Crippen LogP contribution in [0.25, 0.3) is 5.70 Å². The predicted octanol–water partition coefficient (Wildman–Crippen LogP) is 6.03. The second-order valence-corrected chi connectivity index (χ2v) is 12.8. The van der Waals surface area contributed by atoms with Gasteiger partial charge >= 0.3 is 0 Å². The highest BCUT2D eigenvalue weighted by atomic mass is 79.9. The molecule has 2 aliphatic heterocycles. The van der Waals surface area contributed by atoms with Gasteiger partial charge in [0.1, 0.15) is 5.41 Å². The molecule has 0 unspecified atom stereocenters. The lowest BCUT2D eigenvalue weighted by atomic mass is 9.65. The number of carbonyl (C=O) groups excluding carboxylic acids is 2. The van der Waals surface area contributed by atoms with Gasteiger partial charge in [0.05, 0.1) is 16.5 Å². The largest absolute Gasteiger partial charge is 0.314 e. The number of carbonyl (C=O) groups is 2. The normalized spacial score (nSPS) is 20.6. The Morgan fingerprint density at radius 3 is 2.10 bits per heavy atom. The Balaban J connectivity index is 1.72. The number of rotatable bonds is 4. The van der Waals surface area contributed by atoms with E-state index in [4.69, 9.17) is 0 Å². The van der Waals surface area contributed by atoms with Gasteiger partial charge in [0, 0.05) is 17.2 Å². The second kappa shape index (κ2) is 9.57. The number of halogens is 1. The lowest BCUT2D eigenvalue weighted by Crippen LogP contribution is -2.54. The molecule has 0 aliphatic carbocycles. The summed E-state index contributed by atoms with van der Waals surface area (Å²) in [5.41, 5.74) is 1.93. The third-order valence-electron chi connectivity index (χ3n) is 7.67. The van der Waals surface area contributed by atoms with Crippen LogP contribution in [0.4, 0.5) is 5.69 Å². The quantitative estimate of drug-likeness (QED) is 0.282. The van der Waals surface area contributed by atoms with Crippen LogP contribution in [0.2, 0.25) is 0 Å². The Labute approximate surface area is 241 Å². The maximum absolute atomic E-state index is 14.8. The van der Waals surface area contributed by atoms with Gasteiger partial charge in [-0.2, -0.15) is 0 Å². The van der Waals surface area contributed by atoms with Gasteiger partial charge in [-0.05, 0) is 60.0 Å². The first-order valence-electron chi connectivity index (χ1n) is 12.7. The number of aryl methyl sites for hydroxylation is 1. The van der Waals surface area contributed by atoms with E-state index in [2.05, 4.69) is 15.9 Å². The van der Waals surface area contributed by atoms with Crippen molar-refractivity contribution in [2.24, 2.45) is 0 Å². The average molecular weight is 614 g/mol. The summed E-state index contributed by atoms with van der Waals surface area (Å²) >= 11 is 3.54. The molecule has 6 rings (SSSR count). The SMILES string of the molecule is Cc1ccc(S(=O)(=O)N2C(=O)[C@@H](c3ccccc3)[C@@]3(C=C2c2ccccc2)C(=O)N(C)c2ccc(Br)cc23)cc1. The minimum Gasteiger partial charge on any atom is -0.314 e. The van der Waals surface area contributed by atoms with Gasteiger partial charge < -0.3 is 4.90 Å². The third kappa shape index (κ3) is 3.85. The summed E-state index contributed by atoms with van der Waals surface area (Å²) in [6.45, 7) is 1.87. The molecule has 2 aliphatic rings. The van der Waals surface area contributed by atoms with Crippen LogP contribution in [0.5, 0.6) is 0 Å². The van der Waals surface area contributed by atoms with Crippen molar-refractivity contribution in [3.63, 3.8) is 0 Å². The number of anilines is 1. The number of hydrogen-bond acceptors (Lipinski definition) is 4. The maximum Gasteiger partial charge on any atom is 0.270 e. The lowest BCUT2D eigenvalue weighted by Gasteiger charge is -2.42. The minimum absolute atomic E-state index is 0.00551. The molecule has 1 spiro atoms. The van der Waals surface area contributed by atoms with E-state index in [9.17, 15) is 18.0 Å². The molecule has 6 nitrogen and oxygen atoms in total. The maximum atomic E-state index is 14.8. The zero-order chi connectivity index (χ0) is 28.2. The van der Waals surface area contributed by atoms with Gasteiger partial charge in [0.15, 0.2) is 0 Å². The first kappa shape index (κ1) is 26.2. The van der Waals surface area contributed by atoms with Crippen LogP contribution in [-0.4, -0.2) is 31.6 Å². The molecule has 4 aromatic carbocycles. The molecule has 2 amide bonds. The fourth-order valence-corrected chi connectivity index (χ4v) is 7.58. The molecule has 8 heteroatoms. The van der Waals surface area contributed by atoms with Crippen molar-refractivity contribution >= 4 is 49.2 Å². The summed E-state index contributed by atoms with van der Waals surface area (Å²) in [4.78, 5) is 30.7. The summed E-state index contributed by atoms with van der Waals surface area (Å²) in [6.07, 6.45) is 1.68. The summed E-state index contributed by atoms with van der Waals surface area (Å²) in [6, 6.07) is 29.8. The Morgan fingerprint density at radius 1 is 0.825 bits per heavy atom. The number of likely N-dealkylation sites (N-methyl/N-ethyl adjacent to an activating group) is 1. The van der Waals surface area contributed by atoms with Gasteiger partial charge in [-0.1, -0.05) is 94.3 Å². The molecule has 4 aromatic rings. The molecule has 0 saturated heterocycles. The molecule has 2 atom stereocenters. The summed E-state index contributed by atoms with van der Waals surface area (Å²) in [7, 11) is -2.67. The van der Waals surface area contributed by atoms with E-state index < -0.39 is 27.3 Å². The first-order valence-corrected chi connectivity index (χ1v) is 15.0. The number of fused-ring (bicyclic) bond motifs is 2. The lowest BCUT2D eigenvalue weighted by molar-refractivity contribution is -0.133. The number of nitrogens with zero attached hydrogens (tertiary/aromatic N) is 2. The molecular formula is C32H25BrN2O4S. The van der Waals surface area contributed by atoms with Crippen molar-refractivity contribution < 1.29 is 18.0 Å². The number of benzene rings is 4. The third-order valence-corrected chi connectivity index (χ3v) is 9.89. The molecule has 200 valence electrons. The van der Waals surface area contributed by atoms with E-state index in [1.165, 1.54) is 12.1 Å². The van der Waals surface area contributed by atoms with Gasteiger partial charge in [0.25, 0.3) is 10.0 Å². The Morgan fingerprint density at radius 2 is 1.45 bits per heavy atom. The standard InChI is InChI=1S/C32H25BrN2O4S/c1-21-13-16-25(17-14-21)40(38,39)35-28(22-9-5-3-6-10-22)20-32(29(30(35)36)23-11-7-4-8-12-23)26-19-24(33)15-18-27(26)34(2)31(32)37/h3-20,29H,1-2H3/t29-,32+/m1/s1. The highest BCUT2D eigenvalue weighted by Gasteiger charge is 2.61. The first-order chi connectivity index (χ1) is 19.2. The van der Waals surface area contributed by atoms with E-state index >= 15 is 0 Å². The van der Waals surface area contributed by atoms with E-state index in [1.54, 1.807) is 78.7 Å². The van der Waals surface area contributed by atoms with Crippen LogP contribution >= 0.6 is 15.9 Å². The van der Waals surface area contributed by atoms with Gasteiger partial charge in [-0.3, -0.25) is 9.59 Å². The molecular weight excluding hydrogens is 588 g/mol. The Bertz CT molecular complexity index is 1790. The highest BCUT2D eigenvalue weighted by Crippen LogP contribution is 2.56. The van der Waals surface area contributed by atoms with E-state index in [0.717, 1.165) is 14.3 Å². The monoisotopic (exact) mass is 612 g/mol. The van der Waals surface area contributed by atoms with Crippen molar-refractivity contribution in [3.8, 4) is 0 Å². The number of amides is 2. The van der Waals surface area contributed by atoms with Crippen LogP contribution in [-0.2, 0) is 25.0 Å². The molecule has 0 saturated carbocycles. The number of sulfonamides is 1. The molecule has 40 heavy (non-hydrogen) atoms. The van der Waals surface area contributed by atoms with Gasteiger partial charge in [-0.15, -0.1) is 0 Å². The average Bonchev–Trinajstić information content (AvgIpc) is 3.15. The van der Waals surface area contributed by atoms with Crippen LogP contribution in [0.3, 0.4) is 0 Å². The summed E-state index contributed by atoms with van der Waals surface area (Å²) in [5.74, 6) is -2.13. The molecule has 0 aromatic heterocycles. The van der Waals surface area contributed by atoms with Crippen molar-refractivity contribution in [2.75, 3.05) is 11.9 Å². The Kier molecular flexibility index (Phi) is 6.27. The van der Waals surface area contributed by atoms with E-state index in [1.807, 2.05) is 37.3 Å². The summed E-state index contributed by atoms with van der Waals surface area (Å²) < 4.78 is 30.2. The smallest absolute Gasteiger partial charge is 0.270 e. The zero-order valence-corrected chi connectivity index (χ0v) is 24.2. The number of hydrogen-bond donors (Lipinski definition) is 0. The van der Waals surface area contributed by atoms with Gasteiger partial charge in [0.2, 0.25) is 11.8 Å². The molecule has 0 bridgehead atoms. The molecule has 0 fully saturated rings. The van der Waals surface area contributed by atoms with E-state index in [-0.39, 0.29) is 16.5 Å². The topological polar surface area (TPSA) is 74.8 Å². The van der Waals surface area contributed by atoms with Crippen LogP contribution in [0.15, 0.2) is 119 Å². The van der Waals surface area contributed by atoms with Crippen LogP contribution in [0, 0.1) is 6.92 Å². The van der Waals surface area contributed by atoms with Crippen molar-refractivity contribution in [2.45, 2.75) is 23.2 Å².